The van der Waals surface area contributed by atoms with Gasteiger partial charge in [0.25, 0.3) is 0 Å². The fourth-order valence-corrected chi connectivity index (χ4v) is 3.62. The average Bonchev–Trinajstić information content (AvgIpc) is 2.50. The van der Waals surface area contributed by atoms with Gasteiger partial charge < -0.3 is 5.32 Å². The zero-order valence-electron chi connectivity index (χ0n) is 12.3. The van der Waals surface area contributed by atoms with E-state index in [2.05, 4.69) is 11.6 Å². The van der Waals surface area contributed by atoms with Crippen molar-refractivity contribution in [1.82, 2.24) is 5.32 Å². The van der Waals surface area contributed by atoms with Crippen LogP contribution in [0.4, 0.5) is 0 Å². The first kappa shape index (κ1) is 18.0. The molecule has 0 heterocycles. The number of unbranched alkanes of at least 4 members (excludes halogenated alkanes) is 2. The molecule has 0 radical (unpaired) electrons. The quantitative estimate of drug-likeness (QED) is 0.669. The minimum atomic E-state index is -3.31. The fourth-order valence-electron chi connectivity index (χ4n) is 1.88. The summed E-state index contributed by atoms with van der Waals surface area (Å²) in [5.41, 5.74) is 0.373. The molecule has 0 amide bonds. The predicted octanol–water partition coefficient (Wildman–Crippen LogP) is 2.45. The minimum absolute atomic E-state index is 0.0622. The zero-order chi connectivity index (χ0) is 15.6. The van der Waals surface area contributed by atoms with Gasteiger partial charge in [0.05, 0.1) is 22.3 Å². The fraction of sp³-hybridized carbons (Fsp3) is 0.533. The molecule has 0 saturated heterocycles. The summed E-state index contributed by atoms with van der Waals surface area (Å²) >= 11 is 1.85. The van der Waals surface area contributed by atoms with Crippen LogP contribution in [0.3, 0.4) is 0 Å². The molecule has 1 rings (SSSR count). The van der Waals surface area contributed by atoms with Crippen molar-refractivity contribution < 1.29 is 8.42 Å². The van der Waals surface area contributed by atoms with Crippen molar-refractivity contribution in [1.29, 1.82) is 5.26 Å². The summed E-state index contributed by atoms with van der Waals surface area (Å²) < 4.78 is 24.2. The van der Waals surface area contributed by atoms with E-state index < -0.39 is 9.84 Å². The topological polar surface area (TPSA) is 70.0 Å². The van der Waals surface area contributed by atoms with Gasteiger partial charge >= 0.3 is 0 Å². The van der Waals surface area contributed by atoms with Crippen LogP contribution < -0.4 is 5.32 Å². The molecule has 0 aromatic heterocycles. The van der Waals surface area contributed by atoms with E-state index in [-0.39, 0.29) is 10.6 Å². The van der Waals surface area contributed by atoms with E-state index >= 15 is 0 Å². The molecule has 21 heavy (non-hydrogen) atoms. The summed E-state index contributed by atoms with van der Waals surface area (Å²) in [6.45, 7) is 1.30. The molecule has 116 valence electrons. The first-order chi connectivity index (χ1) is 10.1. The normalized spacial score (nSPS) is 11.2. The van der Waals surface area contributed by atoms with E-state index in [9.17, 15) is 8.42 Å². The van der Waals surface area contributed by atoms with Crippen LogP contribution in [0, 0.1) is 11.3 Å². The number of nitrogens with one attached hydrogen (secondary N) is 1. The van der Waals surface area contributed by atoms with E-state index in [0.29, 0.717) is 12.1 Å². The molecule has 1 aromatic rings. The van der Waals surface area contributed by atoms with Gasteiger partial charge in [-0.15, -0.1) is 0 Å². The largest absolute Gasteiger partial charge is 0.316 e. The summed E-state index contributed by atoms with van der Waals surface area (Å²) in [4.78, 5) is 0.225. The lowest BCUT2D eigenvalue weighted by Gasteiger charge is -2.06. The van der Waals surface area contributed by atoms with Crippen LogP contribution in [-0.4, -0.2) is 39.3 Å². The van der Waals surface area contributed by atoms with Crippen LogP contribution in [0.2, 0.25) is 0 Å². The van der Waals surface area contributed by atoms with Crippen LogP contribution >= 0.6 is 11.8 Å². The third kappa shape index (κ3) is 6.98. The van der Waals surface area contributed by atoms with Gasteiger partial charge in [-0.25, -0.2) is 8.42 Å². The lowest BCUT2D eigenvalue weighted by Crippen LogP contribution is -2.24. The molecule has 6 heteroatoms. The van der Waals surface area contributed by atoms with Crippen LogP contribution in [0.5, 0.6) is 0 Å². The third-order valence-electron chi connectivity index (χ3n) is 3.07. The Labute approximate surface area is 131 Å². The summed E-state index contributed by atoms with van der Waals surface area (Å²) in [5.74, 6) is 1.25. The van der Waals surface area contributed by atoms with Crippen molar-refractivity contribution in [2.24, 2.45) is 0 Å². The predicted molar refractivity (Wildman–Crippen MR) is 88.3 cm³/mol. The Morgan fingerprint density at radius 3 is 2.76 bits per heavy atom. The second-order valence-electron chi connectivity index (χ2n) is 4.76. The van der Waals surface area contributed by atoms with Crippen LogP contribution in [0.1, 0.15) is 24.8 Å². The van der Waals surface area contributed by atoms with Gasteiger partial charge in [-0.3, -0.25) is 0 Å². The monoisotopic (exact) mass is 326 g/mol. The molecule has 4 nitrogen and oxygen atoms in total. The summed E-state index contributed by atoms with van der Waals surface area (Å²) in [6, 6.07) is 8.13. The molecular weight excluding hydrogens is 304 g/mol. The van der Waals surface area contributed by atoms with E-state index in [1.165, 1.54) is 24.7 Å². The summed E-state index contributed by atoms with van der Waals surface area (Å²) in [6.07, 6.45) is 5.56. The number of sulfone groups is 1. The van der Waals surface area contributed by atoms with E-state index in [4.69, 9.17) is 5.26 Å². The molecular formula is C15H22N2O2S2. The molecule has 0 aliphatic carbocycles. The van der Waals surface area contributed by atoms with Gasteiger partial charge in [0, 0.05) is 6.54 Å². The maximum atomic E-state index is 12.1. The van der Waals surface area contributed by atoms with E-state index in [1.54, 1.807) is 18.2 Å². The second-order valence-corrected chi connectivity index (χ2v) is 7.86. The molecule has 1 N–H and O–H groups in total. The molecule has 0 aliphatic heterocycles. The van der Waals surface area contributed by atoms with Crippen molar-refractivity contribution in [2.75, 3.05) is 30.9 Å². The Morgan fingerprint density at radius 1 is 1.24 bits per heavy atom. The van der Waals surface area contributed by atoms with Gasteiger partial charge in [-0.05, 0) is 49.6 Å². The van der Waals surface area contributed by atoms with Crippen molar-refractivity contribution >= 4 is 21.6 Å². The highest BCUT2D eigenvalue weighted by molar-refractivity contribution is 7.98. The number of nitrogens with zero attached hydrogens (tertiary/aromatic N) is 1. The number of hydrogen-bond acceptors (Lipinski definition) is 5. The van der Waals surface area contributed by atoms with Gasteiger partial charge in [0.2, 0.25) is 0 Å². The summed E-state index contributed by atoms with van der Waals surface area (Å²) in [7, 11) is -3.31. The van der Waals surface area contributed by atoms with E-state index in [0.717, 1.165) is 13.0 Å². The highest BCUT2D eigenvalue weighted by Gasteiger charge is 2.14. The highest BCUT2D eigenvalue weighted by Crippen LogP contribution is 2.12. The molecule has 1 aromatic carbocycles. The summed E-state index contributed by atoms with van der Waals surface area (Å²) in [5, 5.41) is 12.0. The van der Waals surface area contributed by atoms with Crippen molar-refractivity contribution in [2.45, 2.75) is 24.2 Å². The Morgan fingerprint density at radius 2 is 2.05 bits per heavy atom. The number of nitriles is 1. The Balaban J connectivity index is 2.32. The van der Waals surface area contributed by atoms with Gasteiger partial charge in [-0.2, -0.15) is 17.0 Å². The molecule has 0 saturated carbocycles. The molecule has 0 unspecified atom stereocenters. The SMILES string of the molecule is CSCCCCCNCCS(=O)(=O)c1cccc(C#N)c1. The molecule has 0 fully saturated rings. The third-order valence-corrected chi connectivity index (χ3v) is 5.48. The van der Waals surface area contributed by atoms with Gasteiger partial charge in [-0.1, -0.05) is 12.5 Å². The van der Waals surface area contributed by atoms with Gasteiger partial charge in [0.15, 0.2) is 9.84 Å². The maximum Gasteiger partial charge on any atom is 0.179 e. The Bertz CT molecular complexity index is 565. The number of rotatable bonds is 10. The van der Waals surface area contributed by atoms with Crippen LogP contribution in [-0.2, 0) is 9.84 Å². The average molecular weight is 326 g/mol. The number of thioether (sulfide) groups is 1. The first-order valence-electron chi connectivity index (χ1n) is 7.03. The van der Waals surface area contributed by atoms with Gasteiger partial charge in [0.1, 0.15) is 0 Å². The second kappa shape index (κ2) is 9.82. The lowest BCUT2D eigenvalue weighted by atomic mass is 10.2. The highest BCUT2D eigenvalue weighted by atomic mass is 32.2. The molecule has 0 spiro atoms. The number of hydrogen-bond donors (Lipinski definition) is 1. The smallest absolute Gasteiger partial charge is 0.179 e. The van der Waals surface area contributed by atoms with Crippen LogP contribution in [0.15, 0.2) is 29.2 Å². The van der Waals surface area contributed by atoms with Crippen LogP contribution in [0.25, 0.3) is 0 Å². The first-order valence-corrected chi connectivity index (χ1v) is 10.1. The van der Waals surface area contributed by atoms with Crippen molar-refractivity contribution in [3.63, 3.8) is 0 Å². The van der Waals surface area contributed by atoms with E-state index in [1.807, 2.05) is 17.8 Å². The molecule has 0 atom stereocenters. The van der Waals surface area contributed by atoms with Crippen molar-refractivity contribution in [3.05, 3.63) is 29.8 Å². The maximum absolute atomic E-state index is 12.1. The molecule has 0 bridgehead atoms. The standard InChI is InChI=1S/C15H22N2O2S2/c1-20-10-4-2-3-8-17-9-11-21(18,19)15-7-5-6-14(12-15)13-16/h5-7,12,17H,2-4,8-11H2,1H3. The Hall–Kier alpha value is -1.03. The minimum Gasteiger partial charge on any atom is -0.316 e. The van der Waals surface area contributed by atoms with Crippen molar-refractivity contribution in [3.8, 4) is 6.07 Å². The zero-order valence-corrected chi connectivity index (χ0v) is 14.0. The number of benzene rings is 1. The molecule has 0 aliphatic rings. The Kier molecular flexibility index (Phi) is 8.43. The lowest BCUT2D eigenvalue weighted by molar-refractivity contribution is 0.586.